The summed E-state index contributed by atoms with van der Waals surface area (Å²) in [6, 6.07) is 5.98. The van der Waals surface area contributed by atoms with E-state index in [1.807, 2.05) is 18.2 Å². The van der Waals surface area contributed by atoms with Gasteiger partial charge in [0.15, 0.2) is 6.29 Å². The zero-order valence-electron chi connectivity index (χ0n) is 9.27. The predicted molar refractivity (Wildman–Crippen MR) is 64.9 cm³/mol. The first-order valence-corrected chi connectivity index (χ1v) is 5.59. The summed E-state index contributed by atoms with van der Waals surface area (Å²) in [5, 5.41) is 7.73. The molecule has 0 saturated heterocycles. The number of fused-ring (bicyclic) bond motifs is 1. The second-order valence-corrected chi connectivity index (χ2v) is 4.04. The third-order valence-corrected chi connectivity index (χ3v) is 3.04. The maximum Gasteiger partial charge on any atom is 0.168 e. The van der Waals surface area contributed by atoms with Crippen molar-refractivity contribution in [1.29, 1.82) is 0 Å². The molecule has 1 aliphatic heterocycles. The SMILES string of the molecule is O=Cc1[nH]nc2cc(C3=CCOCC3)ccc12. The van der Waals surface area contributed by atoms with Gasteiger partial charge in [-0.1, -0.05) is 12.1 Å². The summed E-state index contributed by atoms with van der Waals surface area (Å²) in [5.41, 5.74) is 3.81. The van der Waals surface area contributed by atoms with Crippen molar-refractivity contribution in [3.05, 3.63) is 35.5 Å². The van der Waals surface area contributed by atoms with Crippen molar-refractivity contribution in [2.75, 3.05) is 13.2 Å². The highest BCUT2D eigenvalue weighted by atomic mass is 16.5. The molecule has 1 aromatic carbocycles. The molecule has 1 N–H and O–H groups in total. The average Bonchev–Trinajstić information content (AvgIpc) is 2.81. The number of nitrogens with one attached hydrogen (secondary N) is 1. The van der Waals surface area contributed by atoms with Gasteiger partial charge in [0.05, 0.1) is 18.7 Å². The molecule has 4 nitrogen and oxygen atoms in total. The normalized spacial score (nSPS) is 15.9. The number of hydrogen-bond donors (Lipinski definition) is 1. The molecule has 0 atom stereocenters. The Kier molecular flexibility index (Phi) is 2.49. The van der Waals surface area contributed by atoms with Crippen LogP contribution in [0, 0.1) is 0 Å². The Balaban J connectivity index is 2.07. The van der Waals surface area contributed by atoms with E-state index in [4.69, 9.17) is 4.74 Å². The van der Waals surface area contributed by atoms with Crippen molar-refractivity contribution < 1.29 is 9.53 Å². The number of hydrogen-bond acceptors (Lipinski definition) is 3. The first-order valence-electron chi connectivity index (χ1n) is 5.59. The molecule has 86 valence electrons. The standard InChI is InChI=1S/C13H12N2O2/c16-8-13-11-2-1-10(7-12(11)14-15-13)9-3-5-17-6-4-9/h1-3,7-8H,4-6H2,(H,14,15). The van der Waals surface area contributed by atoms with Crippen LogP contribution in [0.4, 0.5) is 0 Å². The van der Waals surface area contributed by atoms with Gasteiger partial charge in [-0.15, -0.1) is 0 Å². The van der Waals surface area contributed by atoms with Gasteiger partial charge >= 0.3 is 0 Å². The second kappa shape index (κ2) is 4.14. The number of ether oxygens (including phenoxy) is 1. The number of aromatic nitrogens is 2. The number of benzene rings is 1. The summed E-state index contributed by atoms with van der Waals surface area (Å²) < 4.78 is 5.29. The number of H-pyrrole nitrogens is 1. The van der Waals surface area contributed by atoms with E-state index < -0.39 is 0 Å². The monoisotopic (exact) mass is 228 g/mol. The Morgan fingerprint density at radius 2 is 2.35 bits per heavy atom. The van der Waals surface area contributed by atoms with E-state index in [-0.39, 0.29) is 0 Å². The van der Waals surface area contributed by atoms with Gasteiger partial charge in [-0.05, 0) is 29.7 Å². The highest BCUT2D eigenvalue weighted by molar-refractivity contribution is 5.96. The highest BCUT2D eigenvalue weighted by Crippen LogP contribution is 2.25. The van der Waals surface area contributed by atoms with Gasteiger partial charge in [0.1, 0.15) is 5.69 Å². The van der Waals surface area contributed by atoms with Gasteiger partial charge in [-0.2, -0.15) is 5.10 Å². The summed E-state index contributed by atoms with van der Waals surface area (Å²) >= 11 is 0. The lowest BCUT2D eigenvalue weighted by atomic mass is 10.0. The lowest BCUT2D eigenvalue weighted by Gasteiger charge is -2.13. The van der Waals surface area contributed by atoms with Crippen LogP contribution < -0.4 is 0 Å². The molecule has 0 fully saturated rings. The molecule has 0 spiro atoms. The molecule has 1 aliphatic rings. The third-order valence-electron chi connectivity index (χ3n) is 3.04. The predicted octanol–water partition coefficient (Wildman–Crippen LogP) is 2.18. The molecular formula is C13H12N2O2. The quantitative estimate of drug-likeness (QED) is 0.801. The molecule has 1 aromatic heterocycles. The van der Waals surface area contributed by atoms with Crippen LogP contribution in [-0.4, -0.2) is 29.7 Å². The van der Waals surface area contributed by atoms with E-state index in [9.17, 15) is 4.79 Å². The molecule has 17 heavy (non-hydrogen) atoms. The van der Waals surface area contributed by atoms with Crippen LogP contribution in [0.25, 0.3) is 16.5 Å². The van der Waals surface area contributed by atoms with Crippen molar-refractivity contribution in [3.63, 3.8) is 0 Å². The van der Waals surface area contributed by atoms with Crippen molar-refractivity contribution in [3.8, 4) is 0 Å². The summed E-state index contributed by atoms with van der Waals surface area (Å²) in [6.45, 7) is 1.44. The lowest BCUT2D eigenvalue weighted by molar-refractivity contribution is 0.112. The topological polar surface area (TPSA) is 55.0 Å². The molecule has 0 unspecified atom stereocenters. The third kappa shape index (κ3) is 1.76. The molecule has 2 aromatic rings. The van der Waals surface area contributed by atoms with Gasteiger partial charge in [-0.25, -0.2) is 0 Å². The van der Waals surface area contributed by atoms with Crippen molar-refractivity contribution in [2.24, 2.45) is 0 Å². The maximum absolute atomic E-state index is 10.8. The number of carbonyl (C=O) groups is 1. The molecule has 0 saturated carbocycles. The fraction of sp³-hybridized carbons (Fsp3) is 0.231. The Hall–Kier alpha value is -1.94. The summed E-state index contributed by atoms with van der Waals surface area (Å²) in [5.74, 6) is 0. The van der Waals surface area contributed by atoms with Crippen LogP contribution in [0.5, 0.6) is 0 Å². The van der Waals surface area contributed by atoms with Gasteiger partial charge in [0, 0.05) is 5.39 Å². The molecule has 4 heteroatoms. The van der Waals surface area contributed by atoms with Gasteiger partial charge in [0.2, 0.25) is 0 Å². The maximum atomic E-state index is 10.8. The molecule has 0 radical (unpaired) electrons. The second-order valence-electron chi connectivity index (χ2n) is 4.04. The first kappa shape index (κ1) is 10.2. The number of nitrogens with zero attached hydrogens (tertiary/aromatic N) is 1. The zero-order chi connectivity index (χ0) is 11.7. The first-order chi connectivity index (χ1) is 8.38. The van der Waals surface area contributed by atoms with Crippen molar-refractivity contribution in [1.82, 2.24) is 10.2 Å². The smallest absolute Gasteiger partial charge is 0.168 e. The largest absolute Gasteiger partial charge is 0.377 e. The lowest BCUT2D eigenvalue weighted by Crippen LogP contribution is -2.03. The van der Waals surface area contributed by atoms with E-state index >= 15 is 0 Å². The summed E-state index contributed by atoms with van der Waals surface area (Å²) in [6.07, 6.45) is 3.82. The van der Waals surface area contributed by atoms with E-state index in [0.29, 0.717) is 12.3 Å². The fourth-order valence-corrected chi connectivity index (χ4v) is 2.11. The molecule has 0 aliphatic carbocycles. The molecule has 2 heterocycles. The van der Waals surface area contributed by atoms with Crippen molar-refractivity contribution >= 4 is 22.8 Å². The van der Waals surface area contributed by atoms with Crippen LogP contribution in [0.15, 0.2) is 24.3 Å². The fourth-order valence-electron chi connectivity index (χ4n) is 2.11. The molecule has 0 amide bonds. The Morgan fingerprint density at radius 1 is 1.41 bits per heavy atom. The Morgan fingerprint density at radius 3 is 3.12 bits per heavy atom. The van der Waals surface area contributed by atoms with Crippen LogP contribution in [0.2, 0.25) is 0 Å². The van der Waals surface area contributed by atoms with Crippen LogP contribution in [-0.2, 0) is 4.74 Å². The van der Waals surface area contributed by atoms with Crippen LogP contribution in [0.1, 0.15) is 22.5 Å². The van der Waals surface area contributed by atoms with E-state index in [0.717, 1.165) is 35.8 Å². The summed E-state index contributed by atoms with van der Waals surface area (Å²) in [4.78, 5) is 10.8. The number of aromatic amines is 1. The average molecular weight is 228 g/mol. The minimum Gasteiger partial charge on any atom is -0.377 e. The van der Waals surface area contributed by atoms with Gasteiger partial charge in [0.25, 0.3) is 0 Å². The number of carbonyl (C=O) groups excluding carboxylic acids is 1. The highest BCUT2D eigenvalue weighted by Gasteiger charge is 2.09. The van der Waals surface area contributed by atoms with Crippen molar-refractivity contribution in [2.45, 2.75) is 6.42 Å². The van der Waals surface area contributed by atoms with Crippen LogP contribution in [0.3, 0.4) is 0 Å². The Bertz CT molecular complexity index is 598. The Labute approximate surface area is 98.3 Å². The molecule has 0 bridgehead atoms. The zero-order valence-corrected chi connectivity index (χ0v) is 9.27. The number of aldehydes is 1. The number of rotatable bonds is 2. The van der Waals surface area contributed by atoms with Gasteiger partial charge < -0.3 is 4.74 Å². The van der Waals surface area contributed by atoms with E-state index in [1.165, 1.54) is 5.57 Å². The minimum absolute atomic E-state index is 0.535. The summed E-state index contributed by atoms with van der Waals surface area (Å²) in [7, 11) is 0. The van der Waals surface area contributed by atoms with Gasteiger partial charge in [-0.3, -0.25) is 9.89 Å². The van der Waals surface area contributed by atoms with E-state index in [1.54, 1.807) is 0 Å². The van der Waals surface area contributed by atoms with Crippen LogP contribution >= 0.6 is 0 Å². The molecular weight excluding hydrogens is 216 g/mol. The minimum atomic E-state index is 0.535. The molecule has 3 rings (SSSR count). The van der Waals surface area contributed by atoms with E-state index in [2.05, 4.69) is 16.3 Å².